The van der Waals surface area contributed by atoms with E-state index in [0.717, 1.165) is 6.07 Å². The van der Waals surface area contributed by atoms with E-state index in [1.54, 1.807) is 30.3 Å². The highest BCUT2D eigenvalue weighted by Gasteiger charge is 2.42. The van der Waals surface area contributed by atoms with Crippen LogP contribution in [0.2, 0.25) is 0 Å². The van der Waals surface area contributed by atoms with Crippen molar-refractivity contribution in [1.82, 2.24) is 19.9 Å². The van der Waals surface area contributed by atoms with Crippen LogP contribution in [0.4, 0.5) is 30.6 Å². The van der Waals surface area contributed by atoms with Crippen LogP contribution in [-0.4, -0.2) is 45.1 Å². The Morgan fingerprint density at radius 3 is 2.31 bits per heavy atom. The molecule has 4 rings (SSSR count). The van der Waals surface area contributed by atoms with Gasteiger partial charge in [-0.15, -0.1) is 0 Å². The average molecular weight is 484 g/mol. The van der Waals surface area contributed by atoms with Crippen LogP contribution in [0.3, 0.4) is 0 Å². The van der Waals surface area contributed by atoms with Crippen molar-refractivity contribution in [3.8, 4) is 11.5 Å². The van der Waals surface area contributed by atoms with Gasteiger partial charge in [-0.1, -0.05) is 18.2 Å². The zero-order valence-corrected chi connectivity index (χ0v) is 17.8. The molecule has 0 radical (unpaired) electrons. The van der Waals surface area contributed by atoms with E-state index in [2.05, 4.69) is 35.3 Å². The van der Waals surface area contributed by atoms with Gasteiger partial charge < -0.3 is 14.8 Å². The van der Waals surface area contributed by atoms with Gasteiger partial charge in [-0.25, -0.2) is 24.7 Å². The Hall–Kier alpha value is -4.81. The second-order valence-corrected chi connectivity index (χ2v) is 6.87. The van der Waals surface area contributed by atoms with E-state index in [4.69, 9.17) is 4.74 Å². The van der Waals surface area contributed by atoms with Crippen LogP contribution < -0.4 is 20.1 Å². The summed E-state index contributed by atoms with van der Waals surface area (Å²) in [6.07, 6.45) is -1.20. The number of esters is 1. The van der Waals surface area contributed by atoms with E-state index in [1.165, 1.54) is 31.9 Å². The van der Waals surface area contributed by atoms with Crippen molar-refractivity contribution < 1.29 is 32.2 Å². The number of hydrogen-bond acceptors (Lipinski definition) is 9. The zero-order valence-electron chi connectivity index (χ0n) is 17.8. The van der Waals surface area contributed by atoms with Gasteiger partial charge in [-0.05, 0) is 18.2 Å². The lowest BCUT2D eigenvalue weighted by molar-refractivity contribution is -0.189. The predicted octanol–water partition coefficient (Wildman–Crippen LogP) is 3.89. The average Bonchev–Trinajstić information content (AvgIpc) is 2.85. The normalized spacial score (nSPS) is 11.1. The molecule has 0 saturated heterocycles. The first-order chi connectivity index (χ1) is 16.7. The van der Waals surface area contributed by atoms with Gasteiger partial charge in [0.25, 0.3) is 5.91 Å². The van der Waals surface area contributed by atoms with E-state index >= 15 is 0 Å². The Bertz CT molecular complexity index is 1380. The molecule has 0 atom stereocenters. The Balaban J connectivity index is 1.55. The number of alkyl halides is 3. The highest BCUT2D eigenvalue weighted by atomic mass is 19.4. The van der Waals surface area contributed by atoms with E-state index < -0.39 is 17.9 Å². The number of amides is 1. The third-order valence-electron chi connectivity index (χ3n) is 4.53. The van der Waals surface area contributed by atoms with Crippen molar-refractivity contribution in [1.29, 1.82) is 0 Å². The van der Waals surface area contributed by atoms with Gasteiger partial charge in [0.05, 0.1) is 30.7 Å². The molecule has 0 fully saturated rings. The number of carbonyl (C=O) groups is 2. The number of methoxy groups -OCH3 is 1. The molecular formula is C22H15F3N6O4. The third-order valence-corrected chi connectivity index (χ3v) is 4.53. The number of ether oxygens (including phenoxy) is 2. The second kappa shape index (κ2) is 9.59. The first kappa shape index (κ1) is 23.4. The molecule has 13 heteroatoms. The van der Waals surface area contributed by atoms with Gasteiger partial charge in [-0.2, -0.15) is 13.2 Å². The predicted molar refractivity (Wildman–Crippen MR) is 117 cm³/mol. The van der Waals surface area contributed by atoms with Crippen LogP contribution in [0.5, 0.6) is 11.5 Å². The Morgan fingerprint density at radius 2 is 1.66 bits per heavy atom. The van der Waals surface area contributed by atoms with Gasteiger partial charge in [0.1, 0.15) is 12.1 Å². The molecule has 0 aliphatic heterocycles. The molecule has 4 aromatic rings. The standard InChI is InChI=1S/C22H15F3N6O4/c1-34-16-7-14-15(8-17(16)35-20(33)22(23,24)25)28-11-29-18(14)30-13-9-26-21(27-10-13)31-19(32)12-5-3-2-4-6-12/h2-11H,1H3,(H,28,29,30)(H,26,27,31,32). The smallest absolute Gasteiger partial charge is 0.491 e. The fraction of sp³-hybridized carbons (Fsp3) is 0.0909. The van der Waals surface area contributed by atoms with Gasteiger partial charge in [0.2, 0.25) is 5.95 Å². The van der Waals surface area contributed by atoms with E-state index in [-0.39, 0.29) is 28.9 Å². The van der Waals surface area contributed by atoms with Crippen LogP contribution >= 0.6 is 0 Å². The molecule has 0 bridgehead atoms. The molecule has 0 spiro atoms. The quantitative estimate of drug-likeness (QED) is 0.309. The number of nitrogens with zero attached hydrogens (tertiary/aromatic N) is 4. The van der Waals surface area contributed by atoms with E-state index in [9.17, 15) is 22.8 Å². The van der Waals surface area contributed by atoms with Crippen molar-refractivity contribution >= 4 is 40.2 Å². The number of anilines is 3. The third kappa shape index (κ3) is 5.40. The summed E-state index contributed by atoms with van der Waals surface area (Å²) < 4.78 is 47.3. The fourth-order valence-corrected chi connectivity index (χ4v) is 2.92. The monoisotopic (exact) mass is 484 g/mol. The Kier molecular flexibility index (Phi) is 6.40. The topological polar surface area (TPSA) is 128 Å². The number of halogens is 3. The van der Waals surface area contributed by atoms with Crippen LogP contribution in [0.1, 0.15) is 10.4 Å². The number of benzene rings is 2. The van der Waals surface area contributed by atoms with E-state index in [0.29, 0.717) is 16.6 Å². The van der Waals surface area contributed by atoms with Crippen molar-refractivity contribution in [2.45, 2.75) is 6.18 Å². The molecule has 0 aliphatic rings. The largest absolute Gasteiger partial charge is 0.493 e. The lowest BCUT2D eigenvalue weighted by Crippen LogP contribution is -2.28. The molecule has 178 valence electrons. The fourth-order valence-electron chi connectivity index (χ4n) is 2.92. The molecule has 0 saturated carbocycles. The summed E-state index contributed by atoms with van der Waals surface area (Å²) in [4.78, 5) is 39.8. The van der Waals surface area contributed by atoms with Crippen LogP contribution in [0, 0.1) is 0 Å². The summed E-state index contributed by atoms with van der Waals surface area (Å²) in [5, 5.41) is 5.90. The SMILES string of the molecule is COc1cc2c(Nc3cnc(NC(=O)c4ccccc4)nc3)ncnc2cc1OC(=O)C(F)(F)F. The van der Waals surface area contributed by atoms with Crippen LogP contribution in [0.25, 0.3) is 10.9 Å². The van der Waals surface area contributed by atoms with Crippen LogP contribution in [0.15, 0.2) is 61.2 Å². The molecular weight excluding hydrogens is 469 g/mol. The molecule has 1 amide bonds. The van der Waals surface area contributed by atoms with E-state index in [1.807, 2.05) is 0 Å². The number of fused-ring (bicyclic) bond motifs is 1. The maximum absolute atomic E-state index is 12.6. The summed E-state index contributed by atoms with van der Waals surface area (Å²) in [5.41, 5.74) is 1.02. The molecule has 2 heterocycles. The van der Waals surface area contributed by atoms with Crippen molar-refractivity contribution in [3.63, 3.8) is 0 Å². The summed E-state index contributed by atoms with van der Waals surface area (Å²) >= 11 is 0. The lowest BCUT2D eigenvalue weighted by Gasteiger charge is -2.13. The van der Waals surface area contributed by atoms with Gasteiger partial charge in [-0.3, -0.25) is 10.1 Å². The Labute approximate surface area is 195 Å². The molecule has 2 aromatic carbocycles. The highest BCUT2D eigenvalue weighted by molar-refractivity contribution is 6.03. The molecule has 10 nitrogen and oxygen atoms in total. The van der Waals surface area contributed by atoms with Gasteiger partial charge in [0.15, 0.2) is 11.5 Å². The first-order valence-electron chi connectivity index (χ1n) is 9.82. The molecule has 0 aliphatic carbocycles. The zero-order chi connectivity index (χ0) is 25.0. The van der Waals surface area contributed by atoms with Gasteiger partial charge >= 0.3 is 12.1 Å². The van der Waals surface area contributed by atoms with Crippen molar-refractivity contribution in [2.24, 2.45) is 0 Å². The molecule has 2 N–H and O–H groups in total. The van der Waals surface area contributed by atoms with Crippen molar-refractivity contribution in [3.05, 3.63) is 66.7 Å². The maximum Gasteiger partial charge on any atom is 0.491 e. The minimum absolute atomic E-state index is 0.0785. The minimum atomic E-state index is -5.18. The van der Waals surface area contributed by atoms with Crippen LogP contribution in [-0.2, 0) is 4.79 Å². The second-order valence-electron chi connectivity index (χ2n) is 6.87. The molecule has 35 heavy (non-hydrogen) atoms. The summed E-state index contributed by atoms with van der Waals surface area (Å²) in [6, 6.07) is 11.0. The summed E-state index contributed by atoms with van der Waals surface area (Å²) in [7, 11) is 1.21. The number of aromatic nitrogens is 4. The molecule has 2 aromatic heterocycles. The lowest BCUT2D eigenvalue weighted by atomic mass is 10.2. The van der Waals surface area contributed by atoms with Gasteiger partial charge in [0, 0.05) is 17.0 Å². The summed E-state index contributed by atoms with van der Waals surface area (Å²) in [5.74, 6) is -3.01. The number of carbonyl (C=O) groups excluding carboxylic acids is 2. The summed E-state index contributed by atoms with van der Waals surface area (Å²) in [6.45, 7) is 0. The Morgan fingerprint density at radius 1 is 0.943 bits per heavy atom. The number of nitrogens with one attached hydrogen (secondary N) is 2. The molecule has 0 unspecified atom stereocenters. The number of hydrogen-bond donors (Lipinski definition) is 2. The highest BCUT2D eigenvalue weighted by Crippen LogP contribution is 2.35. The first-order valence-corrected chi connectivity index (χ1v) is 9.82. The number of rotatable bonds is 6. The maximum atomic E-state index is 12.6. The van der Waals surface area contributed by atoms with Crippen molar-refractivity contribution in [2.75, 3.05) is 17.7 Å². The minimum Gasteiger partial charge on any atom is -0.493 e.